The van der Waals surface area contributed by atoms with Gasteiger partial charge in [0.2, 0.25) is 0 Å². The van der Waals surface area contributed by atoms with E-state index in [1.165, 1.54) is 0 Å². The van der Waals surface area contributed by atoms with Crippen molar-refractivity contribution in [3.8, 4) is 69.7 Å². The van der Waals surface area contributed by atoms with E-state index in [1.54, 1.807) is 36.4 Å². The predicted molar refractivity (Wildman–Crippen MR) is 203 cm³/mol. The third kappa shape index (κ3) is 5.19. The molecular formula is C45H23N7O2. The average molecular weight is 694 g/mol. The highest BCUT2D eigenvalue weighted by atomic mass is 16.5. The zero-order chi connectivity index (χ0) is 36.8. The molecular weight excluding hydrogens is 671 g/mol. The lowest BCUT2D eigenvalue weighted by atomic mass is 9.96. The van der Waals surface area contributed by atoms with Crippen LogP contribution in [0.2, 0.25) is 0 Å². The molecule has 3 heterocycles. The van der Waals surface area contributed by atoms with E-state index in [9.17, 15) is 21.0 Å². The zero-order valence-corrected chi connectivity index (χ0v) is 28.2. The number of para-hydroxylation sites is 8. The number of nitriles is 4. The van der Waals surface area contributed by atoms with Crippen molar-refractivity contribution in [2.75, 3.05) is 9.80 Å². The first-order chi connectivity index (χ1) is 26.6. The number of anilines is 6. The molecule has 2 aliphatic rings. The van der Waals surface area contributed by atoms with Gasteiger partial charge >= 0.3 is 0 Å². The first-order valence-electron chi connectivity index (χ1n) is 16.9. The molecule has 54 heavy (non-hydrogen) atoms. The summed E-state index contributed by atoms with van der Waals surface area (Å²) in [5.74, 6) is 2.91. The molecule has 0 amide bonds. The van der Waals surface area contributed by atoms with Gasteiger partial charge in [-0.1, -0.05) is 48.5 Å². The maximum atomic E-state index is 10.1. The number of pyridine rings is 1. The van der Waals surface area contributed by atoms with Gasteiger partial charge in [-0.05, 0) is 96.6 Å². The second kappa shape index (κ2) is 12.7. The molecule has 0 N–H and O–H groups in total. The fourth-order valence-corrected chi connectivity index (χ4v) is 6.96. The molecule has 1 aromatic heterocycles. The Bertz CT molecular complexity index is 2520. The minimum absolute atomic E-state index is 0.299. The van der Waals surface area contributed by atoms with Crippen molar-refractivity contribution in [2.24, 2.45) is 0 Å². The fraction of sp³-hybridized carbons (Fsp3) is 0. The molecule has 6 aromatic carbocycles. The highest BCUT2D eigenvalue weighted by Crippen LogP contribution is 2.56. The normalized spacial score (nSPS) is 11.9. The van der Waals surface area contributed by atoms with E-state index in [2.05, 4.69) is 29.2 Å². The highest BCUT2D eigenvalue weighted by Gasteiger charge is 2.33. The molecule has 9 heteroatoms. The number of hydrogen-bond donors (Lipinski definition) is 0. The standard InChI is InChI=1S/C45H23N7O2/c46-24-28-17-29(25-47)20-32(19-28)34-23-39(51-35-9-1-5-13-40(35)53-41-14-6-2-10-36(41)51)44(33-21-30(26-48)18-31(22-33)27-49)50-45(34)52-37-11-3-7-15-42(37)54-43-16-8-4-12-38(43)52/h1-23H. The van der Waals surface area contributed by atoms with Crippen LogP contribution in [0.3, 0.4) is 0 Å². The van der Waals surface area contributed by atoms with Gasteiger partial charge in [0.1, 0.15) is 5.82 Å². The third-order valence-corrected chi connectivity index (χ3v) is 9.27. The maximum Gasteiger partial charge on any atom is 0.151 e. The van der Waals surface area contributed by atoms with Crippen molar-refractivity contribution in [3.05, 3.63) is 162 Å². The molecule has 0 spiro atoms. The van der Waals surface area contributed by atoms with E-state index in [-0.39, 0.29) is 0 Å². The Morgan fingerprint density at radius 2 is 0.778 bits per heavy atom. The summed E-state index contributed by atoms with van der Waals surface area (Å²) in [7, 11) is 0. The summed E-state index contributed by atoms with van der Waals surface area (Å²) in [6.45, 7) is 0. The topological polar surface area (TPSA) is 133 Å². The molecule has 0 fully saturated rings. The lowest BCUT2D eigenvalue weighted by Gasteiger charge is -2.36. The SMILES string of the molecule is N#Cc1cc(C#N)cc(-c2cc(N3c4ccccc4Oc4ccccc43)c(-c3cc(C#N)cc(C#N)c3)nc2N2c3ccccc3Oc3ccccc32)c1. The molecule has 0 saturated heterocycles. The van der Waals surface area contributed by atoms with Gasteiger partial charge in [-0.3, -0.25) is 4.90 Å². The third-order valence-electron chi connectivity index (χ3n) is 9.27. The predicted octanol–water partition coefficient (Wildman–Crippen LogP) is 11.1. The monoisotopic (exact) mass is 693 g/mol. The first-order valence-corrected chi connectivity index (χ1v) is 16.9. The van der Waals surface area contributed by atoms with Crippen molar-refractivity contribution in [1.82, 2.24) is 4.98 Å². The van der Waals surface area contributed by atoms with Crippen LogP contribution in [-0.4, -0.2) is 4.98 Å². The molecule has 0 bridgehead atoms. The summed E-state index contributed by atoms with van der Waals surface area (Å²) in [6.07, 6.45) is 0. The smallest absolute Gasteiger partial charge is 0.151 e. The van der Waals surface area contributed by atoms with Gasteiger partial charge in [0.25, 0.3) is 0 Å². The second-order valence-electron chi connectivity index (χ2n) is 12.5. The van der Waals surface area contributed by atoms with Crippen LogP contribution in [0.1, 0.15) is 22.3 Å². The van der Waals surface area contributed by atoms with Crippen LogP contribution in [0.15, 0.2) is 140 Å². The molecule has 0 saturated carbocycles. The number of aromatic nitrogens is 1. The van der Waals surface area contributed by atoms with Crippen molar-refractivity contribution in [3.63, 3.8) is 0 Å². The summed E-state index contributed by atoms with van der Waals surface area (Å²) in [5, 5.41) is 40.4. The zero-order valence-electron chi connectivity index (χ0n) is 28.2. The second-order valence-corrected chi connectivity index (χ2v) is 12.5. The van der Waals surface area contributed by atoms with Crippen LogP contribution in [0, 0.1) is 45.3 Å². The molecule has 7 aromatic rings. The average Bonchev–Trinajstić information content (AvgIpc) is 3.23. The van der Waals surface area contributed by atoms with Gasteiger partial charge in [0, 0.05) is 11.1 Å². The number of nitrogens with zero attached hydrogens (tertiary/aromatic N) is 7. The van der Waals surface area contributed by atoms with E-state index in [0.717, 1.165) is 11.4 Å². The van der Waals surface area contributed by atoms with Crippen LogP contribution in [-0.2, 0) is 0 Å². The minimum Gasteiger partial charge on any atom is -0.453 e. The van der Waals surface area contributed by atoms with E-state index < -0.39 is 0 Å². The minimum atomic E-state index is 0.299. The van der Waals surface area contributed by atoms with E-state index >= 15 is 0 Å². The lowest BCUT2D eigenvalue weighted by Crippen LogP contribution is -2.20. The first kappa shape index (κ1) is 31.6. The summed E-state index contributed by atoms with van der Waals surface area (Å²) in [5.41, 5.74) is 6.91. The highest BCUT2D eigenvalue weighted by molar-refractivity contribution is 5.99. The van der Waals surface area contributed by atoms with Crippen LogP contribution in [0.4, 0.5) is 34.3 Å². The Kier molecular flexibility index (Phi) is 7.46. The van der Waals surface area contributed by atoms with Gasteiger partial charge in [-0.2, -0.15) is 21.0 Å². The molecule has 0 atom stereocenters. The summed E-state index contributed by atoms with van der Waals surface area (Å²) in [6, 6.07) is 51.5. The van der Waals surface area contributed by atoms with Gasteiger partial charge in [-0.15, -0.1) is 0 Å². The van der Waals surface area contributed by atoms with Gasteiger partial charge in [-0.25, -0.2) is 4.98 Å². The largest absolute Gasteiger partial charge is 0.453 e. The van der Waals surface area contributed by atoms with E-state index in [1.807, 2.05) is 108 Å². The number of hydrogen-bond acceptors (Lipinski definition) is 9. The van der Waals surface area contributed by atoms with E-state index in [4.69, 9.17) is 14.5 Å². The van der Waals surface area contributed by atoms with Gasteiger partial charge in [0.15, 0.2) is 23.0 Å². The molecule has 250 valence electrons. The number of fused-ring (bicyclic) bond motifs is 4. The number of ether oxygens (including phenoxy) is 2. The molecule has 9 nitrogen and oxygen atoms in total. The number of benzene rings is 6. The number of rotatable bonds is 4. The Labute approximate surface area is 310 Å². The summed E-state index contributed by atoms with van der Waals surface area (Å²) >= 11 is 0. The van der Waals surface area contributed by atoms with Crippen LogP contribution < -0.4 is 19.3 Å². The van der Waals surface area contributed by atoms with Gasteiger partial charge in [0.05, 0.1) is 80.7 Å². The van der Waals surface area contributed by atoms with Gasteiger partial charge < -0.3 is 14.4 Å². The van der Waals surface area contributed by atoms with Crippen LogP contribution in [0.5, 0.6) is 23.0 Å². The van der Waals surface area contributed by atoms with Crippen LogP contribution in [0.25, 0.3) is 22.4 Å². The van der Waals surface area contributed by atoms with Crippen molar-refractivity contribution < 1.29 is 9.47 Å². The van der Waals surface area contributed by atoms with Crippen molar-refractivity contribution in [2.45, 2.75) is 0 Å². The Hall–Kier alpha value is -8.37. The molecule has 2 aliphatic heterocycles. The van der Waals surface area contributed by atoms with E-state index in [0.29, 0.717) is 90.5 Å². The fourth-order valence-electron chi connectivity index (χ4n) is 6.96. The lowest BCUT2D eigenvalue weighted by molar-refractivity contribution is 0.476. The summed E-state index contributed by atoms with van der Waals surface area (Å²) in [4.78, 5) is 9.58. The molecule has 0 unspecified atom stereocenters. The quantitative estimate of drug-likeness (QED) is 0.176. The van der Waals surface area contributed by atoms with Crippen LogP contribution >= 0.6 is 0 Å². The Balaban J connectivity index is 1.45. The van der Waals surface area contributed by atoms with Crippen molar-refractivity contribution >= 4 is 34.3 Å². The summed E-state index contributed by atoms with van der Waals surface area (Å²) < 4.78 is 12.7. The van der Waals surface area contributed by atoms with Crippen molar-refractivity contribution in [1.29, 1.82) is 21.0 Å². The Morgan fingerprint density at radius 1 is 0.407 bits per heavy atom. The molecule has 0 aliphatic carbocycles. The Morgan fingerprint density at radius 3 is 1.19 bits per heavy atom. The molecule has 9 rings (SSSR count). The molecule has 0 radical (unpaired) electrons. The maximum absolute atomic E-state index is 10.1.